The molecular weight excluding hydrogens is 430 g/mol. The van der Waals surface area contributed by atoms with Crippen LogP contribution in [0.15, 0.2) is 53.8 Å². The Bertz CT molecular complexity index is 1360. The molecule has 0 saturated heterocycles. The molecule has 1 N–H and O–H groups in total. The minimum Gasteiger partial charge on any atom is -0.481 e. The molecule has 34 heavy (non-hydrogen) atoms. The minimum atomic E-state index is -0.251. The Balaban J connectivity index is 0.00000342. The Morgan fingerprint density at radius 1 is 1.26 bits per heavy atom. The Kier molecular flexibility index (Phi) is 6.24. The second kappa shape index (κ2) is 9.13. The zero-order valence-corrected chi connectivity index (χ0v) is 20.4. The van der Waals surface area contributed by atoms with Crippen LogP contribution < -0.4 is 14.8 Å². The largest absolute Gasteiger partial charge is 0.481 e. The molecule has 8 heteroatoms. The predicted octanol–water partition coefficient (Wildman–Crippen LogP) is 4.47. The number of amides is 1. The number of carbonyl (C=O) groups is 1. The fraction of sp³-hybridized carbons (Fsp3) is 0.308. The fourth-order valence-corrected chi connectivity index (χ4v) is 4.05. The number of ether oxygens (including phenoxy) is 2. The number of aromatic nitrogens is 4. The van der Waals surface area contributed by atoms with Gasteiger partial charge in [0.2, 0.25) is 11.8 Å². The van der Waals surface area contributed by atoms with E-state index in [0.29, 0.717) is 17.4 Å². The minimum absolute atomic E-state index is 0. The number of nitrogens with zero attached hydrogens (tertiary/aromatic N) is 4. The zero-order valence-electron chi connectivity index (χ0n) is 20.4. The van der Waals surface area contributed by atoms with Crippen molar-refractivity contribution in [2.75, 3.05) is 13.7 Å². The second-order valence-corrected chi connectivity index (χ2v) is 8.50. The SMILES string of the molecule is C=C1C(C)=CC(c2nn(C)c3nc(OCC(=O)NC(C)c4ccc(OC)nc4)cc(C)c23)=C1C.[HH]. The van der Waals surface area contributed by atoms with Gasteiger partial charge in [0.25, 0.3) is 5.91 Å². The lowest BCUT2D eigenvalue weighted by Gasteiger charge is -2.14. The lowest BCUT2D eigenvalue weighted by atomic mass is 10.0. The Morgan fingerprint density at radius 2 is 2.03 bits per heavy atom. The first-order valence-corrected chi connectivity index (χ1v) is 11.0. The summed E-state index contributed by atoms with van der Waals surface area (Å²) in [5.41, 5.74) is 7.78. The molecule has 0 spiro atoms. The van der Waals surface area contributed by atoms with Gasteiger partial charge < -0.3 is 14.8 Å². The standard InChI is InChI=1S/C26H29N5O3.H2/c1-14-10-20(17(4)16(14)3)25-24-15(2)11-23(29-26(24)31(6)30-25)34-13-21(32)28-18(5)19-8-9-22(33-7)27-12-19;/h8-12,18H,3,13H2,1-2,4-7H3,(H,28,32);1H. The number of allylic oxidation sites excluding steroid dienone is 5. The molecule has 1 unspecified atom stereocenters. The topological polar surface area (TPSA) is 91.2 Å². The Morgan fingerprint density at radius 3 is 2.65 bits per heavy atom. The van der Waals surface area contributed by atoms with E-state index in [1.54, 1.807) is 24.1 Å². The maximum absolute atomic E-state index is 12.5. The Labute approximate surface area is 200 Å². The number of fused-ring (bicyclic) bond motifs is 1. The van der Waals surface area contributed by atoms with E-state index in [1.807, 2.05) is 33.0 Å². The van der Waals surface area contributed by atoms with Crippen LogP contribution in [-0.4, -0.2) is 39.4 Å². The molecule has 178 valence electrons. The smallest absolute Gasteiger partial charge is 0.258 e. The quantitative estimate of drug-likeness (QED) is 0.558. The zero-order chi connectivity index (χ0) is 24.6. The van der Waals surface area contributed by atoms with E-state index in [9.17, 15) is 4.79 Å². The molecule has 8 nitrogen and oxygen atoms in total. The van der Waals surface area contributed by atoms with E-state index >= 15 is 0 Å². The summed E-state index contributed by atoms with van der Waals surface area (Å²) in [4.78, 5) is 21.3. The van der Waals surface area contributed by atoms with Crippen molar-refractivity contribution in [1.82, 2.24) is 25.1 Å². The van der Waals surface area contributed by atoms with E-state index in [2.05, 4.69) is 41.8 Å². The third-order valence-corrected chi connectivity index (χ3v) is 6.11. The van der Waals surface area contributed by atoms with E-state index in [1.165, 1.54) is 0 Å². The van der Waals surface area contributed by atoms with Gasteiger partial charge in [-0.05, 0) is 61.6 Å². The predicted molar refractivity (Wildman–Crippen MR) is 134 cm³/mol. The molecule has 0 fully saturated rings. The van der Waals surface area contributed by atoms with Crippen LogP contribution in [0.25, 0.3) is 16.6 Å². The third kappa shape index (κ3) is 4.31. The van der Waals surface area contributed by atoms with E-state index in [-0.39, 0.29) is 20.0 Å². The summed E-state index contributed by atoms with van der Waals surface area (Å²) >= 11 is 0. The number of methoxy groups -OCH3 is 1. The molecular formula is C26H31N5O3. The van der Waals surface area contributed by atoms with Gasteiger partial charge in [-0.3, -0.25) is 4.79 Å². The van der Waals surface area contributed by atoms with E-state index < -0.39 is 0 Å². The summed E-state index contributed by atoms with van der Waals surface area (Å²) in [6.45, 7) is 12.0. The van der Waals surface area contributed by atoms with Gasteiger partial charge >= 0.3 is 0 Å². The first-order valence-electron chi connectivity index (χ1n) is 11.0. The summed E-state index contributed by atoms with van der Waals surface area (Å²) in [6.07, 6.45) is 3.80. The van der Waals surface area contributed by atoms with Crippen molar-refractivity contribution in [2.45, 2.75) is 33.7 Å². The number of nitrogens with one attached hydrogen (secondary N) is 1. The molecule has 1 aliphatic carbocycles. The molecule has 3 aromatic heterocycles. The summed E-state index contributed by atoms with van der Waals surface area (Å²) in [6, 6.07) is 5.24. The summed E-state index contributed by atoms with van der Waals surface area (Å²) in [7, 11) is 3.42. The van der Waals surface area contributed by atoms with Crippen molar-refractivity contribution in [3.8, 4) is 11.8 Å². The normalized spacial score (nSPS) is 14.4. The maximum Gasteiger partial charge on any atom is 0.258 e. The van der Waals surface area contributed by atoms with Gasteiger partial charge in [-0.15, -0.1) is 0 Å². The van der Waals surface area contributed by atoms with Crippen LogP contribution in [0.3, 0.4) is 0 Å². The summed E-state index contributed by atoms with van der Waals surface area (Å²) in [5.74, 6) is 0.650. The lowest BCUT2D eigenvalue weighted by Crippen LogP contribution is -2.31. The highest BCUT2D eigenvalue weighted by Gasteiger charge is 2.22. The molecule has 3 heterocycles. The van der Waals surface area contributed by atoms with Gasteiger partial charge in [0, 0.05) is 32.4 Å². The third-order valence-electron chi connectivity index (χ3n) is 6.11. The number of rotatable bonds is 7. The first kappa shape index (κ1) is 23.2. The van der Waals surface area contributed by atoms with E-state index in [0.717, 1.165) is 44.5 Å². The van der Waals surface area contributed by atoms with Crippen molar-refractivity contribution in [3.63, 3.8) is 0 Å². The first-order chi connectivity index (χ1) is 16.2. The van der Waals surface area contributed by atoms with Crippen LogP contribution >= 0.6 is 0 Å². The molecule has 1 atom stereocenters. The number of pyridine rings is 2. The van der Waals surface area contributed by atoms with Gasteiger partial charge in [0.1, 0.15) is 5.69 Å². The average Bonchev–Trinajstić information content (AvgIpc) is 3.28. The van der Waals surface area contributed by atoms with Crippen LogP contribution in [0.2, 0.25) is 0 Å². The van der Waals surface area contributed by atoms with Crippen molar-refractivity contribution in [3.05, 3.63) is 70.6 Å². The molecule has 0 bridgehead atoms. The average molecular weight is 462 g/mol. The van der Waals surface area contributed by atoms with Crippen LogP contribution in [-0.2, 0) is 11.8 Å². The molecule has 1 amide bonds. The molecule has 0 saturated carbocycles. The van der Waals surface area contributed by atoms with Crippen molar-refractivity contribution in [1.29, 1.82) is 0 Å². The summed E-state index contributed by atoms with van der Waals surface area (Å²) in [5, 5.41) is 8.61. The molecule has 0 aromatic carbocycles. The molecule has 3 aromatic rings. The molecule has 0 radical (unpaired) electrons. The van der Waals surface area contributed by atoms with Gasteiger partial charge in [-0.2, -0.15) is 10.1 Å². The summed E-state index contributed by atoms with van der Waals surface area (Å²) < 4.78 is 12.6. The van der Waals surface area contributed by atoms with Gasteiger partial charge in [-0.25, -0.2) is 9.67 Å². The number of hydrogen-bond acceptors (Lipinski definition) is 6. The van der Waals surface area contributed by atoms with Gasteiger partial charge in [-0.1, -0.05) is 12.6 Å². The van der Waals surface area contributed by atoms with Gasteiger partial charge in [0.05, 0.1) is 18.5 Å². The highest BCUT2D eigenvalue weighted by molar-refractivity contribution is 5.98. The maximum atomic E-state index is 12.5. The number of hydrogen-bond donors (Lipinski definition) is 1. The monoisotopic (exact) mass is 461 g/mol. The van der Waals surface area contributed by atoms with Crippen LogP contribution in [0.4, 0.5) is 0 Å². The number of carbonyl (C=O) groups excluding carboxylic acids is 1. The highest BCUT2D eigenvalue weighted by Crippen LogP contribution is 2.38. The Hall–Kier alpha value is -3.94. The lowest BCUT2D eigenvalue weighted by molar-refractivity contribution is -0.123. The number of aryl methyl sites for hydroxylation is 2. The van der Waals surface area contributed by atoms with Crippen molar-refractivity contribution >= 4 is 22.5 Å². The fourth-order valence-electron chi connectivity index (χ4n) is 4.05. The van der Waals surface area contributed by atoms with Crippen molar-refractivity contribution in [2.24, 2.45) is 7.05 Å². The second-order valence-electron chi connectivity index (χ2n) is 8.50. The van der Waals surface area contributed by atoms with Crippen LogP contribution in [0.1, 0.15) is 45.1 Å². The van der Waals surface area contributed by atoms with Crippen LogP contribution in [0, 0.1) is 6.92 Å². The van der Waals surface area contributed by atoms with Crippen LogP contribution in [0.5, 0.6) is 11.8 Å². The molecule has 0 aliphatic heterocycles. The molecule has 1 aliphatic rings. The molecule has 4 rings (SSSR count). The van der Waals surface area contributed by atoms with Gasteiger partial charge in [0.15, 0.2) is 12.3 Å². The van der Waals surface area contributed by atoms with E-state index in [4.69, 9.17) is 14.6 Å². The van der Waals surface area contributed by atoms with Crippen molar-refractivity contribution < 1.29 is 15.7 Å². The highest BCUT2D eigenvalue weighted by atomic mass is 16.5.